The average molecular weight is 295 g/mol. The maximum Gasteiger partial charge on any atom is 0.128 e. The normalized spacial score (nSPS) is 11.0. The van der Waals surface area contributed by atoms with E-state index in [0.717, 1.165) is 69.2 Å². The Hall–Kier alpha value is -1.04. The van der Waals surface area contributed by atoms with E-state index in [1.165, 1.54) is 5.56 Å². The van der Waals surface area contributed by atoms with Crippen LogP contribution in [0, 0.1) is 13.8 Å². The maximum atomic E-state index is 5.07. The number of nitrogens with zero attached hydrogens (tertiary/aromatic N) is 2. The number of hydrogen-bond donors (Lipinski definition) is 1. The monoisotopic (exact) mass is 295 g/mol. The van der Waals surface area contributed by atoms with Gasteiger partial charge in [0.05, 0.1) is 6.61 Å². The molecule has 1 aromatic heterocycles. The first kappa shape index (κ1) is 18.0. The zero-order valence-electron chi connectivity index (χ0n) is 13.9. The maximum absolute atomic E-state index is 5.07. The van der Waals surface area contributed by atoms with Gasteiger partial charge in [0.1, 0.15) is 5.82 Å². The number of nitrogens with one attached hydrogen (secondary N) is 1. The molecule has 0 aromatic carbocycles. The van der Waals surface area contributed by atoms with Crippen LogP contribution in [0.5, 0.6) is 0 Å². The molecule has 0 spiro atoms. The minimum atomic E-state index is 0.760. The van der Waals surface area contributed by atoms with Crippen LogP contribution >= 0.6 is 0 Å². The Balaban J connectivity index is 2.43. The Morgan fingerprint density at radius 2 is 1.52 bits per heavy atom. The summed E-state index contributed by atoms with van der Waals surface area (Å²) in [6, 6.07) is 0. The largest absolute Gasteiger partial charge is 0.385 e. The van der Waals surface area contributed by atoms with Crippen LogP contribution in [-0.4, -0.2) is 50.5 Å². The second kappa shape index (κ2) is 10.7. The van der Waals surface area contributed by atoms with Crippen molar-refractivity contribution in [2.24, 2.45) is 0 Å². The van der Waals surface area contributed by atoms with E-state index in [1.54, 1.807) is 14.2 Å². The third-order valence-electron chi connectivity index (χ3n) is 3.48. The molecule has 0 bridgehead atoms. The standard InChI is InChI=1S/C16H29N3O2/c1-13-15(7-5-9-17-10-12-21-4)14(2)19-16(18-13)8-6-11-20-3/h17H,5-12H2,1-4H3. The van der Waals surface area contributed by atoms with Gasteiger partial charge in [-0.1, -0.05) is 0 Å². The molecule has 1 heterocycles. The highest BCUT2D eigenvalue weighted by atomic mass is 16.5. The molecule has 0 saturated carbocycles. The van der Waals surface area contributed by atoms with Crippen molar-refractivity contribution in [1.82, 2.24) is 15.3 Å². The molecule has 0 radical (unpaired) electrons. The highest BCUT2D eigenvalue weighted by Crippen LogP contribution is 2.13. The van der Waals surface area contributed by atoms with Gasteiger partial charge in [-0.3, -0.25) is 0 Å². The summed E-state index contributed by atoms with van der Waals surface area (Å²) < 4.78 is 10.1. The number of aromatic nitrogens is 2. The second-order valence-corrected chi connectivity index (χ2v) is 5.23. The molecule has 0 saturated heterocycles. The fraction of sp³-hybridized carbons (Fsp3) is 0.750. The van der Waals surface area contributed by atoms with Gasteiger partial charge in [0.25, 0.3) is 0 Å². The van der Waals surface area contributed by atoms with E-state index in [2.05, 4.69) is 29.1 Å². The van der Waals surface area contributed by atoms with E-state index < -0.39 is 0 Å². The summed E-state index contributed by atoms with van der Waals surface area (Å²) in [6.07, 6.45) is 3.97. The van der Waals surface area contributed by atoms with Crippen LogP contribution in [0.1, 0.15) is 35.6 Å². The summed E-state index contributed by atoms with van der Waals surface area (Å²) in [5.41, 5.74) is 3.53. The van der Waals surface area contributed by atoms with Crippen LogP contribution in [0.2, 0.25) is 0 Å². The second-order valence-electron chi connectivity index (χ2n) is 5.23. The molecule has 5 nitrogen and oxygen atoms in total. The van der Waals surface area contributed by atoms with Gasteiger partial charge in [-0.25, -0.2) is 9.97 Å². The highest BCUT2D eigenvalue weighted by molar-refractivity contribution is 5.24. The van der Waals surface area contributed by atoms with Gasteiger partial charge in [-0.15, -0.1) is 0 Å². The summed E-state index contributed by atoms with van der Waals surface area (Å²) in [5, 5.41) is 3.36. The van der Waals surface area contributed by atoms with Crippen LogP contribution in [0.4, 0.5) is 0 Å². The highest BCUT2D eigenvalue weighted by Gasteiger charge is 2.08. The molecule has 0 atom stereocenters. The summed E-state index contributed by atoms with van der Waals surface area (Å²) >= 11 is 0. The Kier molecular flexibility index (Phi) is 9.14. The lowest BCUT2D eigenvalue weighted by Crippen LogP contribution is -2.21. The third-order valence-corrected chi connectivity index (χ3v) is 3.48. The van der Waals surface area contributed by atoms with Gasteiger partial charge in [-0.05, 0) is 45.2 Å². The van der Waals surface area contributed by atoms with Crippen molar-refractivity contribution in [3.8, 4) is 0 Å². The molecule has 120 valence electrons. The van der Waals surface area contributed by atoms with Crippen molar-refractivity contribution in [2.75, 3.05) is 40.5 Å². The number of hydrogen-bond acceptors (Lipinski definition) is 5. The molecule has 0 aliphatic heterocycles. The van der Waals surface area contributed by atoms with E-state index in [9.17, 15) is 0 Å². The molecule has 1 aromatic rings. The Labute approximate surface area is 128 Å². The lowest BCUT2D eigenvalue weighted by atomic mass is 10.1. The summed E-state index contributed by atoms with van der Waals surface area (Å²) in [4.78, 5) is 9.25. The number of ether oxygens (including phenoxy) is 2. The minimum absolute atomic E-state index is 0.760. The lowest BCUT2D eigenvalue weighted by molar-refractivity contribution is 0.194. The fourth-order valence-electron chi connectivity index (χ4n) is 2.35. The molecule has 21 heavy (non-hydrogen) atoms. The molecule has 0 aliphatic rings. The number of methoxy groups -OCH3 is 2. The molecule has 5 heteroatoms. The van der Waals surface area contributed by atoms with Gasteiger partial charge >= 0.3 is 0 Å². The van der Waals surface area contributed by atoms with Crippen molar-refractivity contribution in [2.45, 2.75) is 39.5 Å². The summed E-state index contributed by atoms with van der Waals surface area (Å²) in [5.74, 6) is 0.934. The Morgan fingerprint density at radius 3 is 2.14 bits per heavy atom. The van der Waals surface area contributed by atoms with Gasteiger partial charge in [0.15, 0.2) is 0 Å². The van der Waals surface area contributed by atoms with Crippen LogP contribution in [0.15, 0.2) is 0 Å². The zero-order chi connectivity index (χ0) is 15.5. The third kappa shape index (κ3) is 6.98. The van der Waals surface area contributed by atoms with Crippen molar-refractivity contribution in [3.63, 3.8) is 0 Å². The van der Waals surface area contributed by atoms with E-state index in [4.69, 9.17) is 9.47 Å². The van der Waals surface area contributed by atoms with Gasteiger partial charge in [0.2, 0.25) is 0 Å². The molecular weight excluding hydrogens is 266 g/mol. The molecule has 0 fully saturated rings. The van der Waals surface area contributed by atoms with Crippen LogP contribution in [0.3, 0.4) is 0 Å². The Morgan fingerprint density at radius 1 is 0.857 bits per heavy atom. The van der Waals surface area contributed by atoms with Gasteiger partial charge in [-0.2, -0.15) is 0 Å². The van der Waals surface area contributed by atoms with Crippen molar-refractivity contribution < 1.29 is 9.47 Å². The zero-order valence-corrected chi connectivity index (χ0v) is 13.9. The first-order chi connectivity index (χ1) is 10.2. The van der Waals surface area contributed by atoms with Crippen LogP contribution in [-0.2, 0) is 22.3 Å². The average Bonchev–Trinajstić information content (AvgIpc) is 2.45. The SMILES string of the molecule is COCCCc1nc(C)c(CCCNCCOC)c(C)n1. The molecule has 0 amide bonds. The number of rotatable bonds is 11. The molecule has 1 N–H and O–H groups in total. The fourth-order valence-corrected chi connectivity index (χ4v) is 2.35. The predicted molar refractivity (Wildman–Crippen MR) is 84.8 cm³/mol. The van der Waals surface area contributed by atoms with Crippen LogP contribution < -0.4 is 5.32 Å². The lowest BCUT2D eigenvalue weighted by Gasteiger charge is -2.11. The molecular formula is C16H29N3O2. The Bertz CT molecular complexity index is 388. The molecule has 0 unspecified atom stereocenters. The van der Waals surface area contributed by atoms with Crippen molar-refractivity contribution in [3.05, 3.63) is 22.8 Å². The van der Waals surface area contributed by atoms with Gasteiger partial charge in [0, 0.05) is 45.2 Å². The first-order valence-corrected chi connectivity index (χ1v) is 7.70. The van der Waals surface area contributed by atoms with Gasteiger partial charge < -0.3 is 14.8 Å². The van der Waals surface area contributed by atoms with Crippen LogP contribution in [0.25, 0.3) is 0 Å². The van der Waals surface area contributed by atoms with E-state index in [1.807, 2.05) is 0 Å². The molecule has 0 aliphatic carbocycles. The molecule has 1 rings (SSSR count). The summed E-state index contributed by atoms with van der Waals surface area (Å²) in [6.45, 7) is 7.60. The smallest absolute Gasteiger partial charge is 0.128 e. The topological polar surface area (TPSA) is 56.3 Å². The summed E-state index contributed by atoms with van der Waals surface area (Å²) in [7, 11) is 3.45. The van der Waals surface area contributed by atoms with Crippen molar-refractivity contribution in [1.29, 1.82) is 0 Å². The first-order valence-electron chi connectivity index (χ1n) is 7.70. The van der Waals surface area contributed by atoms with E-state index >= 15 is 0 Å². The quantitative estimate of drug-likeness (QED) is 0.631. The van der Waals surface area contributed by atoms with E-state index in [0.29, 0.717) is 0 Å². The minimum Gasteiger partial charge on any atom is -0.385 e. The van der Waals surface area contributed by atoms with E-state index in [-0.39, 0.29) is 0 Å². The predicted octanol–water partition coefficient (Wildman–Crippen LogP) is 1.84. The van der Waals surface area contributed by atoms with Crippen molar-refractivity contribution >= 4 is 0 Å². The number of aryl methyl sites for hydroxylation is 3.